The molecule has 4 aromatic rings. The number of pyridine rings is 2. The number of rotatable bonds is 3. The van der Waals surface area contributed by atoms with Crippen molar-refractivity contribution < 1.29 is 5.11 Å². The Morgan fingerprint density at radius 2 is 2.00 bits per heavy atom. The summed E-state index contributed by atoms with van der Waals surface area (Å²) >= 11 is 6.08. The summed E-state index contributed by atoms with van der Waals surface area (Å²) in [7, 11) is 0. The Bertz CT molecular complexity index is 1060. The predicted molar refractivity (Wildman–Crippen MR) is 95.1 cm³/mol. The van der Waals surface area contributed by atoms with Gasteiger partial charge in [0, 0.05) is 34.1 Å². The highest BCUT2D eigenvalue weighted by Gasteiger charge is 2.13. The molecule has 4 rings (SSSR count). The second-order valence-electron chi connectivity index (χ2n) is 5.65. The molecular formula is C18H15ClN4O. The van der Waals surface area contributed by atoms with Crippen molar-refractivity contribution in [2.75, 3.05) is 6.61 Å². The van der Waals surface area contributed by atoms with Crippen LogP contribution in [0.15, 0.2) is 42.9 Å². The summed E-state index contributed by atoms with van der Waals surface area (Å²) in [6.07, 6.45) is 5.38. The highest BCUT2D eigenvalue weighted by atomic mass is 35.5. The van der Waals surface area contributed by atoms with Crippen molar-refractivity contribution >= 4 is 33.3 Å². The largest absolute Gasteiger partial charge is 0.394 e. The van der Waals surface area contributed by atoms with Gasteiger partial charge in [-0.05, 0) is 30.7 Å². The van der Waals surface area contributed by atoms with Crippen LogP contribution >= 0.6 is 11.6 Å². The van der Waals surface area contributed by atoms with Crippen LogP contribution in [0.2, 0.25) is 5.15 Å². The van der Waals surface area contributed by atoms with E-state index >= 15 is 0 Å². The van der Waals surface area contributed by atoms with Crippen LogP contribution in [0.3, 0.4) is 0 Å². The molecule has 0 aliphatic heterocycles. The number of nitrogens with zero attached hydrogens (tertiary/aromatic N) is 4. The van der Waals surface area contributed by atoms with E-state index in [1.165, 1.54) is 0 Å². The van der Waals surface area contributed by atoms with Crippen LogP contribution in [-0.2, 0) is 6.54 Å². The quantitative estimate of drug-likeness (QED) is 0.580. The van der Waals surface area contributed by atoms with Crippen molar-refractivity contribution in [2.45, 2.75) is 13.5 Å². The molecule has 0 saturated heterocycles. The second-order valence-corrected chi connectivity index (χ2v) is 6.04. The van der Waals surface area contributed by atoms with E-state index in [2.05, 4.69) is 22.0 Å². The molecule has 3 aromatic heterocycles. The Hall–Kier alpha value is -2.50. The summed E-state index contributed by atoms with van der Waals surface area (Å²) in [6, 6.07) is 7.83. The van der Waals surface area contributed by atoms with E-state index in [1.807, 2.05) is 35.1 Å². The number of hydrogen-bond acceptors (Lipinski definition) is 4. The highest BCUT2D eigenvalue weighted by Crippen LogP contribution is 2.33. The third-order valence-corrected chi connectivity index (χ3v) is 4.48. The highest BCUT2D eigenvalue weighted by molar-refractivity contribution is 6.30. The van der Waals surface area contributed by atoms with E-state index in [0.29, 0.717) is 11.7 Å². The van der Waals surface area contributed by atoms with Gasteiger partial charge in [0.25, 0.3) is 0 Å². The van der Waals surface area contributed by atoms with E-state index in [4.69, 9.17) is 16.7 Å². The van der Waals surface area contributed by atoms with Gasteiger partial charge >= 0.3 is 0 Å². The summed E-state index contributed by atoms with van der Waals surface area (Å²) in [5, 5.41) is 17.0. The average Bonchev–Trinajstić information content (AvgIpc) is 2.99. The lowest BCUT2D eigenvalue weighted by Crippen LogP contribution is -2.03. The van der Waals surface area contributed by atoms with Gasteiger partial charge in [0.2, 0.25) is 0 Å². The SMILES string of the molecule is Cc1c(-c2nccc3cnc(Cl)cc23)ccc2c1cnn2CCO. The monoisotopic (exact) mass is 338 g/mol. The van der Waals surface area contributed by atoms with Gasteiger partial charge in [0.15, 0.2) is 0 Å². The van der Waals surface area contributed by atoms with Crippen LogP contribution in [0.25, 0.3) is 32.9 Å². The number of aliphatic hydroxyl groups is 1. The molecule has 24 heavy (non-hydrogen) atoms. The molecule has 5 nitrogen and oxygen atoms in total. The molecule has 1 aromatic carbocycles. The second kappa shape index (κ2) is 5.85. The molecular weight excluding hydrogens is 324 g/mol. The predicted octanol–water partition coefficient (Wildman–Crippen LogP) is 3.60. The van der Waals surface area contributed by atoms with Crippen LogP contribution < -0.4 is 0 Å². The number of aliphatic hydroxyl groups excluding tert-OH is 1. The Morgan fingerprint density at radius 3 is 2.83 bits per heavy atom. The molecule has 3 heterocycles. The Kier molecular flexibility index (Phi) is 3.67. The number of aromatic nitrogens is 4. The lowest BCUT2D eigenvalue weighted by molar-refractivity contribution is 0.271. The van der Waals surface area contributed by atoms with Crippen molar-refractivity contribution in [1.82, 2.24) is 19.7 Å². The first-order chi connectivity index (χ1) is 11.7. The first-order valence-electron chi connectivity index (χ1n) is 7.65. The van der Waals surface area contributed by atoms with Crippen molar-refractivity contribution in [1.29, 1.82) is 0 Å². The van der Waals surface area contributed by atoms with E-state index in [9.17, 15) is 0 Å². The zero-order valence-corrected chi connectivity index (χ0v) is 13.8. The van der Waals surface area contributed by atoms with E-state index < -0.39 is 0 Å². The topological polar surface area (TPSA) is 63.8 Å². The smallest absolute Gasteiger partial charge is 0.129 e. The molecule has 0 amide bonds. The molecule has 0 saturated carbocycles. The maximum Gasteiger partial charge on any atom is 0.129 e. The van der Waals surface area contributed by atoms with Gasteiger partial charge in [-0.3, -0.25) is 9.67 Å². The Balaban J connectivity index is 1.97. The van der Waals surface area contributed by atoms with Crippen molar-refractivity contribution in [3.05, 3.63) is 53.6 Å². The minimum Gasteiger partial charge on any atom is -0.394 e. The molecule has 0 aliphatic carbocycles. The van der Waals surface area contributed by atoms with E-state index in [-0.39, 0.29) is 6.61 Å². The normalized spacial score (nSPS) is 11.5. The fourth-order valence-electron chi connectivity index (χ4n) is 3.08. The zero-order chi connectivity index (χ0) is 16.7. The Labute approximate surface area is 143 Å². The molecule has 6 heteroatoms. The van der Waals surface area contributed by atoms with Crippen LogP contribution in [-0.4, -0.2) is 31.5 Å². The number of benzene rings is 1. The van der Waals surface area contributed by atoms with Gasteiger partial charge in [-0.2, -0.15) is 5.10 Å². The molecule has 0 unspecified atom stereocenters. The third-order valence-electron chi connectivity index (χ3n) is 4.28. The van der Waals surface area contributed by atoms with Crippen molar-refractivity contribution in [3.8, 4) is 11.3 Å². The van der Waals surface area contributed by atoms with Crippen LogP contribution in [0.1, 0.15) is 5.56 Å². The minimum absolute atomic E-state index is 0.0634. The molecule has 120 valence electrons. The summed E-state index contributed by atoms with van der Waals surface area (Å²) in [6.45, 7) is 2.61. The molecule has 0 radical (unpaired) electrons. The van der Waals surface area contributed by atoms with Gasteiger partial charge in [-0.25, -0.2) is 4.98 Å². The zero-order valence-electron chi connectivity index (χ0n) is 13.1. The van der Waals surface area contributed by atoms with Gasteiger partial charge < -0.3 is 5.11 Å². The fraction of sp³-hybridized carbons (Fsp3) is 0.167. The fourth-order valence-corrected chi connectivity index (χ4v) is 3.23. The molecule has 0 bridgehead atoms. The van der Waals surface area contributed by atoms with Gasteiger partial charge in [0.1, 0.15) is 5.15 Å². The number of hydrogen-bond donors (Lipinski definition) is 1. The standard InChI is InChI=1S/C18H15ClN4O/c1-11-13(2-3-16-15(11)10-22-23(16)6-7-24)18-14-8-17(19)21-9-12(14)4-5-20-18/h2-5,8-10,24H,6-7H2,1H3. The number of aryl methyl sites for hydroxylation is 1. The lowest BCUT2D eigenvalue weighted by Gasteiger charge is -2.10. The summed E-state index contributed by atoms with van der Waals surface area (Å²) in [5.74, 6) is 0. The van der Waals surface area contributed by atoms with Gasteiger partial charge in [0.05, 0.1) is 30.6 Å². The average molecular weight is 339 g/mol. The maximum atomic E-state index is 9.15. The minimum atomic E-state index is 0.0634. The first kappa shape index (κ1) is 15.1. The summed E-state index contributed by atoms with van der Waals surface area (Å²) in [4.78, 5) is 8.71. The van der Waals surface area contributed by atoms with Crippen molar-refractivity contribution in [3.63, 3.8) is 0 Å². The van der Waals surface area contributed by atoms with Crippen LogP contribution in [0.5, 0.6) is 0 Å². The number of fused-ring (bicyclic) bond motifs is 2. The molecule has 0 aliphatic rings. The molecule has 0 spiro atoms. The molecule has 1 N–H and O–H groups in total. The van der Waals surface area contributed by atoms with E-state index in [1.54, 1.807) is 12.4 Å². The van der Waals surface area contributed by atoms with Crippen molar-refractivity contribution in [2.24, 2.45) is 0 Å². The molecule has 0 fully saturated rings. The van der Waals surface area contributed by atoms with Crippen LogP contribution in [0.4, 0.5) is 0 Å². The lowest BCUT2D eigenvalue weighted by atomic mass is 9.98. The maximum absolute atomic E-state index is 9.15. The van der Waals surface area contributed by atoms with Gasteiger partial charge in [-0.1, -0.05) is 17.7 Å². The first-order valence-corrected chi connectivity index (χ1v) is 8.03. The summed E-state index contributed by atoms with van der Waals surface area (Å²) in [5.41, 5.74) is 4.03. The van der Waals surface area contributed by atoms with Crippen LogP contribution in [0, 0.1) is 6.92 Å². The Morgan fingerprint density at radius 1 is 1.12 bits per heavy atom. The van der Waals surface area contributed by atoms with Gasteiger partial charge in [-0.15, -0.1) is 0 Å². The van der Waals surface area contributed by atoms with E-state index in [0.717, 1.165) is 38.5 Å². The number of halogens is 1. The molecule has 0 atom stereocenters. The summed E-state index contributed by atoms with van der Waals surface area (Å²) < 4.78 is 1.81. The third kappa shape index (κ3) is 2.33.